The number of anilines is 1. The third-order valence-corrected chi connectivity index (χ3v) is 5.59. The number of rotatable bonds is 3. The van der Waals surface area contributed by atoms with Crippen molar-refractivity contribution in [2.45, 2.75) is 26.8 Å². The van der Waals surface area contributed by atoms with Gasteiger partial charge in [0.2, 0.25) is 0 Å². The average Bonchev–Trinajstić information content (AvgIpc) is 3.05. The highest BCUT2D eigenvalue weighted by atomic mass is 16.6. The number of aryl methyl sites for hydroxylation is 1. The summed E-state index contributed by atoms with van der Waals surface area (Å²) >= 11 is 0. The van der Waals surface area contributed by atoms with Crippen LogP contribution in [0.5, 0.6) is 0 Å². The fourth-order valence-electron chi connectivity index (χ4n) is 4.02. The van der Waals surface area contributed by atoms with E-state index in [0.29, 0.717) is 32.9 Å². The minimum Gasteiger partial charge on any atom is -0.498 e. The monoisotopic (exact) mass is 423 g/mol. The molecule has 4 rings (SSSR count). The summed E-state index contributed by atoms with van der Waals surface area (Å²) < 4.78 is 18.5. The van der Waals surface area contributed by atoms with Gasteiger partial charge in [0.05, 0.1) is 30.7 Å². The van der Waals surface area contributed by atoms with Gasteiger partial charge in [0.1, 0.15) is 13.2 Å². The van der Waals surface area contributed by atoms with Crippen LogP contribution in [0.4, 0.5) is 10.5 Å². The molecule has 1 amide bonds. The van der Waals surface area contributed by atoms with Gasteiger partial charge >= 0.3 is 6.09 Å². The molecule has 31 heavy (non-hydrogen) atoms. The number of aromatic nitrogens is 1. The number of amides is 1. The third-order valence-electron chi connectivity index (χ3n) is 5.59. The van der Waals surface area contributed by atoms with E-state index in [1.807, 2.05) is 32.1 Å². The zero-order valence-electron chi connectivity index (χ0n) is 18.3. The van der Waals surface area contributed by atoms with Crippen LogP contribution in [-0.2, 0) is 34.2 Å². The van der Waals surface area contributed by atoms with E-state index >= 15 is 0 Å². The maximum atomic E-state index is 12.2. The highest BCUT2D eigenvalue weighted by Gasteiger charge is 2.26. The van der Waals surface area contributed by atoms with Crippen LogP contribution < -0.4 is 5.32 Å². The standard InChI is InChI=1S/C24H29N3O4/c1-4-30-24(28)27-11-9-22-21(16-27)20-8-7-19(15-23(20)26(22)3)25-18-6-5-17(2)31-14-13-29-12-10-18/h5-8,10,12,15,25H,4,9,11,13-14,16H2,1-3H3/b12-10+,17-5+,18-6+. The lowest BCUT2D eigenvalue weighted by Crippen LogP contribution is -2.36. The van der Waals surface area contributed by atoms with Gasteiger partial charge in [0.15, 0.2) is 0 Å². The lowest BCUT2D eigenvalue weighted by atomic mass is 10.0. The number of carbonyl (C=O) groups excluding carboxylic acids is 1. The number of benzene rings is 1. The zero-order chi connectivity index (χ0) is 21.8. The average molecular weight is 424 g/mol. The number of allylic oxidation sites excluding steroid dienone is 4. The second-order valence-electron chi connectivity index (χ2n) is 7.63. The molecule has 2 aliphatic rings. The quantitative estimate of drug-likeness (QED) is 0.790. The Kier molecular flexibility index (Phi) is 6.21. The molecule has 1 aromatic carbocycles. The molecule has 0 bridgehead atoms. The van der Waals surface area contributed by atoms with Crippen molar-refractivity contribution in [2.75, 3.05) is 31.7 Å². The maximum absolute atomic E-state index is 12.2. The maximum Gasteiger partial charge on any atom is 0.410 e. The van der Waals surface area contributed by atoms with Crippen LogP contribution in [0, 0.1) is 0 Å². The van der Waals surface area contributed by atoms with Crippen molar-refractivity contribution < 1.29 is 19.0 Å². The molecule has 1 aromatic heterocycles. The van der Waals surface area contributed by atoms with Crippen LogP contribution in [0.25, 0.3) is 10.9 Å². The van der Waals surface area contributed by atoms with Crippen LogP contribution in [0.15, 0.2) is 54.1 Å². The van der Waals surface area contributed by atoms with Gasteiger partial charge in [-0.1, -0.05) is 6.07 Å². The smallest absolute Gasteiger partial charge is 0.410 e. The Balaban J connectivity index is 1.61. The normalized spacial score (nSPS) is 20.9. The lowest BCUT2D eigenvalue weighted by molar-refractivity contribution is 0.102. The summed E-state index contributed by atoms with van der Waals surface area (Å²) in [6, 6.07) is 6.33. The molecule has 2 aliphatic heterocycles. The Morgan fingerprint density at radius 2 is 2.13 bits per heavy atom. The Morgan fingerprint density at radius 3 is 2.97 bits per heavy atom. The number of nitrogens with zero attached hydrogens (tertiary/aromatic N) is 2. The SMILES string of the molecule is CCOC(=O)N1CCc2c(c3ccc(NC4=C/C=C(\C)OCCO\C=C\4)cc3n2C)C1. The first-order chi connectivity index (χ1) is 15.1. The van der Waals surface area contributed by atoms with Crippen molar-refractivity contribution in [3.8, 4) is 0 Å². The van der Waals surface area contributed by atoms with Crippen LogP contribution in [0.1, 0.15) is 25.1 Å². The van der Waals surface area contributed by atoms with Gasteiger partial charge in [-0.2, -0.15) is 0 Å². The molecule has 3 heterocycles. The van der Waals surface area contributed by atoms with Crippen LogP contribution in [0.2, 0.25) is 0 Å². The second-order valence-corrected chi connectivity index (χ2v) is 7.63. The molecular formula is C24H29N3O4. The van der Waals surface area contributed by atoms with E-state index in [9.17, 15) is 4.79 Å². The topological polar surface area (TPSA) is 65.0 Å². The number of carbonyl (C=O) groups is 1. The first kappa shape index (κ1) is 20.9. The van der Waals surface area contributed by atoms with Gasteiger partial charge in [-0.15, -0.1) is 0 Å². The molecule has 0 aliphatic carbocycles. The molecule has 7 heteroatoms. The summed E-state index contributed by atoms with van der Waals surface area (Å²) in [4.78, 5) is 14.0. The van der Waals surface area contributed by atoms with E-state index in [0.717, 1.165) is 29.1 Å². The predicted molar refractivity (Wildman–Crippen MR) is 121 cm³/mol. The third kappa shape index (κ3) is 4.55. The largest absolute Gasteiger partial charge is 0.498 e. The van der Waals surface area contributed by atoms with Crippen molar-refractivity contribution in [1.82, 2.24) is 9.47 Å². The van der Waals surface area contributed by atoms with E-state index in [2.05, 4.69) is 35.1 Å². The number of nitrogens with one attached hydrogen (secondary N) is 1. The summed E-state index contributed by atoms with van der Waals surface area (Å²) in [5.74, 6) is 0.843. The van der Waals surface area contributed by atoms with Gasteiger partial charge in [-0.3, -0.25) is 0 Å². The Morgan fingerprint density at radius 1 is 1.26 bits per heavy atom. The van der Waals surface area contributed by atoms with Crippen molar-refractivity contribution in [3.63, 3.8) is 0 Å². The lowest BCUT2D eigenvalue weighted by Gasteiger charge is -2.27. The summed E-state index contributed by atoms with van der Waals surface area (Å²) in [5, 5.41) is 4.62. The minimum atomic E-state index is -0.243. The fourth-order valence-corrected chi connectivity index (χ4v) is 4.02. The number of hydrogen-bond donors (Lipinski definition) is 1. The number of ether oxygens (including phenoxy) is 3. The highest BCUT2D eigenvalue weighted by molar-refractivity contribution is 5.89. The van der Waals surface area contributed by atoms with Crippen LogP contribution in [0.3, 0.4) is 0 Å². The van der Waals surface area contributed by atoms with Crippen molar-refractivity contribution in [1.29, 1.82) is 0 Å². The Hall–Kier alpha value is -3.35. The minimum absolute atomic E-state index is 0.243. The summed E-state index contributed by atoms with van der Waals surface area (Å²) in [6.45, 7) is 6.45. The molecule has 1 N–H and O–H groups in total. The molecule has 0 radical (unpaired) electrons. The number of fused-ring (bicyclic) bond motifs is 3. The first-order valence-corrected chi connectivity index (χ1v) is 10.6. The molecule has 2 aromatic rings. The predicted octanol–water partition coefficient (Wildman–Crippen LogP) is 4.45. The van der Waals surface area contributed by atoms with E-state index < -0.39 is 0 Å². The molecule has 0 spiro atoms. The van der Waals surface area contributed by atoms with Crippen molar-refractivity contribution in [2.24, 2.45) is 7.05 Å². The van der Waals surface area contributed by atoms with E-state index in [1.54, 1.807) is 11.2 Å². The molecule has 7 nitrogen and oxygen atoms in total. The van der Waals surface area contributed by atoms with Crippen LogP contribution >= 0.6 is 0 Å². The van der Waals surface area contributed by atoms with E-state index in [1.165, 1.54) is 16.6 Å². The second kappa shape index (κ2) is 9.20. The zero-order valence-corrected chi connectivity index (χ0v) is 18.3. The van der Waals surface area contributed by atoms with E-state index in [4.69, 9.17) is 14.2 Å². The van der Waals surface area contributed by atoms with Crippen molar-refractivity contribution >= 4 is 22.7 Å². The van der Waals surface area contributed by atoms with E-state index in [-0.39, 0.29) is 6.09 Å². The van der Waals surface area contributed by atoms with Gasteiger partial charge in [0.25, 0.3) is 0 Å². The van der Waals surface area contributed by atoms with Crippen LogP contribution in [-0.4, -0.2) is 41.9 Å². The Labute approximate surface area is 182 Å². The molecule has 0 saturated carbocycles. The summed E-state index contributed by atoms with van der Waals surface area (Å²) in [6.07, 6.45) is 8.08. The molecule has 0 unspecified atom stereocenters. The first-order valence-electron chi connectivity index (χ1n) is 10.6. The van der Waals surface area contributed by atoms with Gasteiger partial charge in [0, 0.05) is 48.0 Å². The highest BCUT2D eigenvalue weighted by Crippen LogP contribution is 2.32. The molecular weight excluding hydrogens is 394 g/mol. The van der Waals surface area contributed by atoms with Gasteiger partial charge in [-0.05, 0) is 44.2 Å². The number of hydrogen-bond acceptors (Lipinski definition) is 5. The molecule has 164 valence electrons. The van der Waals surface area contributed by atoms with Gasteiger partial charge < -0.3 is 29.0 Å². The molecule has 0 saturated heterocycles. The van der Waals surface area contributed by atoms with Crippen molar-refractivity contribution in [3.05, 3.63) is 65.4 Å². The summed E-state index contributed by atoms with van der Waals surface area (Å²) in [5.41, 5.74) is 5.49. The van der Waals surface area contributed by atoms with Gasteiger partial charge in [-0.25, -0.2) is 4.79 Å². The molecule has 0 atom stereocenters. The Bertz CT molecular complexity index is 1060. The fraction of sp³-hybridized carbons (Fsp3) is 0.375. The molecule has 0 fully saturated rings. The summed E-state index contributed by atoms with van der Waals surface area (Å²) in [7, 11) is 2.09.